The topological polar surface area (TPSA) is 72.4 Å². The van der Waals surface area contributed by atoms with E-state index < -0.39 is 0 Å². The number of aryl methyl sites for hydroxylation is 3. The van der Waals surface area contributed by atoms with Gasteiger partial charge in [-0.05, 0) is 20.3 Å². The third-order valence-corrected chi connectivity index (χ3v) is 4.14. The summed E-state index contributed by atoms with van der Waals surface area (Å²) in [6.45, 7) is 4.14. The number of hydrogen-bond acceptors (Lipinski definition) is 5. The largest absolute Gasteiger partial charge is 0.361 e. The van der Waals surface area contributed by atoms with Crippen molar-refractivity contribution in [1.82, 2.24) is 15.2 Å². The van der Waals surface area contributed by atoms with Crippen molar-refractivity contribution in [1.29, 1.82) is 0 Å². The van der Waals surface area contributed by atoms with E-state index in [1.54, 1.807) is 25.8 Å². The number of nitrogens with zero attached hydrogens (tertiary/aromatic N) is 3. The summed E-state index contributed by atoms with van der Waals surface area (Å²) in [4.78, 5) is 14.2. The van der Waals surface area contributed by atoms with E-state index in [-0.39, 0.29) is 5.91 Å². The minimum absolute atomic E-state index is 0.0706. The van der Waals surface area contributed by atoms with Gasteiger partial charge in [0.05, 0.1) is 5.69 Å². The van der Waals surface area contributed by atoms with Crippen LogP contribution in [0.25, 0.3) is 11.3 Å². The van der Waals surface area contributed by atoms with Crippen molar-refractivity contribution in [2.24, 2.45) is 0 Å². The molecule has 0 fully saturated rings. The van der Waals surface area contributed by atoms with E-state index >= 15 is 0 Å². The quantitative estimate of drug-likeness (QED) is 0.685. The van der Waals surface area contributed by atoms with Gasteiger partial charge < -0.3 is 13.9 Å². The Balaban J connectivity index is 1.55. The van der Waals surface area contributed by atoms with E-state index in [0.717, 1.165) is 29.9 Å². The Morgan fingerprint density at radius 2 is 1.88 bits per heavy atom. The Hall–Kier alpha value is -2.89. The zero-order valence-electron chi connectivity index (χ0n) is 14.7. The van der Waals surface area contributed by atoms with Gasteiger partial charge in [-0.2, -0.15) is 0 Å². The van der Waals surface area contributed by atoms with Gasteiger partial charge in [0.2, 0.25) is 0 Å². The molecule has 0 unspecified atom stereocenters. The van der Waals surface area contributed by atoms with Crippen LogP contribution in [0.4, 0.5) is 0 Å². The Morgan fingerprint density at radius 1 is 1.12 bits per heavy atom. The predicted octanol–water partition coefficient (Wildman–Crippen LogP) is 3.65. The Labute approximate surface area is 146 Å². The molecule has 3 rings (SSSR count). The fourth-order valence-electron chi connectivity index (χ4n) is 2.75. The van der Waals surface area contributed by atoms with Gasteiger partial charge >= 0.3 is 0 Å². The molecule has 0 aliphatic carbocycles. The Bertz CT molecular complexity index is 832. The van der Waals surface area contributed by atoms with Crippen molar-refractivity contribution in [3.8, 4) is 11.3 Å². The van der Waals surface area contributed by atoms with Gasteiger partial charge in [-0.25, -0.2) is 0 Å². The summed E-state index contributed by atoms with van der Waals surface area (Å²) in [7, 11) is 1.78. The van der Waals surface area contributed by atoms with Crippen LogP contribution in [0.5, 0.6) is 0 Å². The maximum atomic E-state index is 12.5. The number of benzene rings is 1. The number of carbonyl (C=O) groups is 1. The summed E-state index contributed by atoms with van der Waals surface area (Å²) in [5, 5.41) is 7.94. The average Bonchev–Trinajstić information content (AvgIpc) is 3.22. The molecule has 0 atom stereocenters. The van der Waals surface area contributed by atoms with Crippen molar-refractivity contribution >= 4 is 5.91 Å². The van der Waals surface area contributed by atoms with E-state index in [1.165, 1.54) is 0 Å². The molecule has 25 heavy (non-hydrogen) atoms. The van der Waals surface area contributed by atoms with Crippen LogP contribution in [0.2, 0.25) is 0 Å². The molecule has 3 aromatic rings. The lowest BCUT2D eigenvalue weighted by Gasteiger charge is -2.16. The molecule has 0 spiro atoms. The van der Waals surface area contributed by atoms with E-state index in [0.29, 0.717) is 23.6 Å². The summed E-state index contributed by atoms with van der Waals surface area (Å²) in [5.74, 6) is 1.30. The highest BCUT2D eigenvalue weighted by molar-refractivity contribution is 5.95. The number of carbonyl (C=O) groups excluding carboxylic acids is 1. The third-order valence-electron chi connectivity index (χ3n) is 4.14. The molecule has 6 heteroatoms. The first-order chi connectivity index (χ1) is 12.1. The highest BCUT2D eigenvalue weighted by Gasteiger charge is 2.20. The van der Waals surface area contributed by atoms with Gasteiger partial charge in [0, 0.05) is 31.6 Å². The summed E-state index contributed by atoms with van der Waals surface area (Å²) >= 11 is 0. The number of amides is 1. The molecule has 2 heterocycles. The minimum Gasteiger partial charge on any atom is -0.361 e. The van der Waals surface area contributed by atoms with Gasteiger partial charge in [-0.1, -0.05) is 40.6 Å². The molecule has 0 saturated carbocycles. The molecule has 130 valence electrons. The molecule has 2 aromatic heterocycles. The first-order valence-corrected chi connectivity index (χ1v) is 8.25. The van der Waals surface area contributed by atoms with E-state index in [1.807, 2.05) is 36.4 Å². The van der Waals surface area contributed by atoms with Crippen LogP contribution in [0.3, 0.4) is 0 Å². The molecule has 0 N–H and O–H groups in total. The van der Waals surface area contributed by atoms with Crippen LogP contribution in [0.15, 0.2) is 45.4 Å². The summed E-state index contributed by atoms with van der Waals surface area (Å²) in [6.07, 6.45) is 1.51. The number of hydrogen-bond donors (Lipinski definition) is 0. The van der Waals surface area contributed by atoms with E-state index in [2.05, 4.69) is 10.3 Å². The monoisotopic (exact) mass is 339 g/mol. The van der Waals surface area contributed by atoms with Crippen LogP contribution in [0, 0.1) is 13.8 Å². The number of aromatic nitrogens is 2. The molecule has 6 nitrogen and oxygen atoms in total. The van der Waals surface area contributed by atoms with Crippen LogP contribution in [-0.4, -0.2) is 34.7 Å². The van der Waals surface area contributed by atoms with Crippen LogP contribution in [0.1, 0.15) is 34.0 Å². The van der Waals surface area contributed by atoms with Crippen LogP contribution < -0.4 is 0 Å². The predicted molar refractivity (Wildman–Crippen MR) is 93.2 cm³/mol. The van der Waals surface area contributed by atoms with Gasteiger partial charge in [-0.15, -0.1) is 0 Å². The fraction of sp³-hybridized carbons (Fsp3) is 0.316. The smallest absolute Gasteiger partial charge is 0.259 e. The molecule has 0 aliphatic heterocycles. The second kappa shape index (κ2) is 7.34. The fourth-order valence-corrected chi connectivity index (χ4v) is 2.75. The van der Waals surface area contributed by atoms with Gasteiger partial charge in [0.25, 0.3) is 5.91 Å². The first-order valence-electron chi connectivity index (χ1n) is 8.25. The molecular formula is C19H21N3O3. The van der Waals surface area contributed by atoms with Crippen molar-refractivity contribution in [2.45, 2.75) is 26.7 Å². The standard InChI is InChI=1S/C19H21N3O3/c1-13-18(14(2)24-20-13)19(23)22(3)11-7-10-16-12-17(21-25-16)15-8-5-4-6-9-15/h4-6,8-9,12H,7,10-11H2,1-3H3. The van der Waals surface area contributed by atoms with Crippen molar-refractivity contribution < 1.29 is 13.8 Å². The maximum absolute atomic E-state index is 12.5. The third kappa shape index (κ3) is 3.79. The molecule has 0 bridgehead atoms. The highest BCUT2D eigenvalue weighted by Crippen LogP contribution is 2.19. The van der Waals surface area contributed by atoms with Crippen molar-refractivity contribution in [3.05, 3.63) is 59.2 Å². The lowest BCUT2D eigenvalue weighted by atomic mass is 10.1. The lowest BCUT2D eigenvalue weighted by Crippen LogP contribution is -2.28. The summed E-state index contributed by atoms with van der Waals surface area (Å²) in [5.41, 5.74) is 3.03. The number of rotatable bonds is 6. The second-order valence-electron chi connectivity index (χ2n) is 6.07. The van der Waals surface area contributed by atoms with Crippen molar-refractivity contribution in [3.63, 3.8) is 0 Å². The first kappa shape index (κ1) is 17.0. The van der Waals surface area contributed by atoms with E-state index in [9.17, 15) is 4.79 Å². The maximum Gasteiger partial charge on any atom is 0.259 e. The molecule has 0 aliphatic rings. The van der Waals surface area contributed by atoms with Crippen molar-refractivity contribution in [2.75, 3.05) is 13.6 Å². The van der Waals surface area contributed by atoms with Gasteiger partial charge in [-0.3, -0.25) is 4.79 Å². The SMILES string of the molecule is Cc1noc(C)c1C(=O)N(C)CCCc1cc(-c2ccccc2)no1. The molecule has 0 saturated heterocycles. The van der Waals surface area contributed by atoms with Gasteiger partial charge in [0.15, 0.2) is 0 Å². The summed E-state index contributed by atoms with van der Waals surface area (Å²) < 4.78 is 10.5. The van der Waals surface area contributed by atoms with E-state index in [4.69, 9.17) is 9.05 Å². The zero-order chi connectivity index (χ0) is 17.8. The zero-order valence-corrected chi connectivity index (χ0v) is 14.7. The Kier molecular flexibility index (Phi) is 4.97. The van der Waals surface area contributed by atoms with Gasteiger partial charge in [0.1, 0.15) is 22.8 Å². The van der Waals surface area contributed by atoms with Crippen LogP contribution >= 0.6 is 0 Å². The minimum atomic E-state index is -0.0706. The van der Waals surface area contributed by atoms with Crippen LogP contribution in [-0.2, 0) is 6.42 Å². The lowest BCUT2D eigenvalue weighted by molar-refractivity contribution is 0.0790. The second-order valence-corrected chi connectivity index (χ2v) is 6.07. The molecule has 1 amide bonds. The molecule has 0 radical (unpaired) electrons. The average molecular weight is 339 g/mol. The normalized spacial score (nSPS) is 10.8. The Morgan fingerprint density at radius 3 is 2.56 bits per heavy atom. The molecule has 1 aromatic carbocycles. The summed E-state index contributed by atoms with van der Waals surface area (Å²) in [6, 6.07) is 11.9. The highest BCUT2D eigenvalue weighted by atomic mass is 16.5. The molecular weight excluding hydrogens is 318 g/mol.